The Morgan fingerprint density at radius 1 is 1.45 bits per heavy atom. The van der Waals surface area contributed by atoms with Crippen molar-refractivity contribution in [3.05, 3.63) is 35.4 Å². The van der Waals surface area contributed by atoms with Crippen LogP contribution in [0, 0.1) is 0 Å². The van der Waals surface area contributed by atoms with Crippen LogP contribution in [0.3, 0.4) is 0 Å². The van der Waals surface area contributed by atoms with Crippen molar-refractivity contribution < 1.29 is 23.1 Å². The number of hydrogen-bond donors (Lipinski definition) is 3. The maximum atomic E-state index is 12.6. The Bertz CT molecular complexity index is 514. The van der Waals surface area contributed by atoms with E-state index in [0.717, 1.165) is 31.5 Å². The van der Waals surface area contributed by atoms with Gasteiger partial charge in [-0.15, -0.1) is 0 Å². The van der Waals surface area contributed by atoms with Gasteiger partial charge >= 0.3 is 6.18 Å². The van der Waals surface area contributed by atoms with Crippen LogP contribution in [-0.2, 0) is 17.4 Å². The van der Waals surface area contributed by atoms with Crippen molar-refractivity contribution in [1.29, 1.82) is 0 Å². The van der Waals surface area contributed by atoms with Gasteiger partial charge in [-0.3, -0.25) is 4.79 Å². The highest BCUT2D eigenvalue weighted by atomic mass is 19.4. The largest absolute Gasteiger partial charge is 0.416 e. The van der Waals surface area contributed by atoms with Crippen LogP contribution >= 0.6 is 0 Å². The lowest BCUT2D eigenvalue weighted by Crippen LogP contribution is -2.42. The smallest absolute Gasteiger partial charge is 0.383 e. The lowest BCUT2D eigenvalue weighted by Gasteiger charge is -2.15. The molecule has 1 amide bonds. The Morgan fingerprint density at radius 2 is 2.23 bits per heavy atom. The van der Waals surface area contributed by atoms with Gasteiger partial charge in [0.1, 0.15) is 6.10 Å². The molecule has 2 atom stereocenters. The number of amides is 1. The topological polar surface area (TPSA) is 61.4 Å². The number of aliphatic hydroxyl groups excluding tert-OH is 1. The van der Waals surface area contributed by atoms with Crippen LogP contribution in [0.4, 0.5) is 13.2 Å². The average molecular weight is 316 g/mol. The van der Waals surface area contributed by atoms with E-state index in [1.165, 1.54) is 12.1 Å². The third-order valence-corrected chi connectivity index (χ3v) is 3.67. The Kier molecular flexibility index (Phi) is 5.42. The number of carbonyl (C=O) groups is 1. The fourth-order valence-corrected chi connectivity index (χ4v) is 2.46. The highest BCUT2D eigenvalue weighted by Gasteiger charge is 2.30. The maximum absolute atomic E-state index is 12.6. The van der Waals surface area contributed by atoms with Gasteiger partial charge in [0.05, 0.1) is 5.56 Å². The fourth-order valence-electron chi connectivity index (χ4n) is 2.46. The number of alkyl halides is 3. The van der Waals surface area contributed by atoms with Gasteiger partial charge in [0, 0.05) is 19.0 Å². The minimum atomic E-state index is -4.43. The van der Waals surface area contributed by atoms with Crippen molar-refractivity contribution in [2.24, 2.45) is 0 Å². The summed E-state index contributed by atoms with van der Waals surface area (Å²) in [5.74, 6) is -0.564. The third-order valence-electron chi connectivity index (χ3n) is 3.67. The molecule has 0 bridgehead atoms. The molecule has 0 aromatic heterocycles. The molecule has 0 spiro atoms. The zero-order chi connectivity index (χ0) is 16.2. The minimum Gasteiger partial charge on any atom is -0.383 e. The van der Waals surface area contributed by atoms with Gasteiger partial charge in [-0.2, -0.15) is 13.2 Å². The van der Waals surface area contributed by atoms with E-state index in [9.17, 15) is 23.1 Å². The van der Waals surface area contributed by atoms with E-state index < -0.39 is 23.8 Å². The maximum Gasteiger partial charge on any atom is 0.416 e. The molecule has 22 heavy (non-hydrogen) atoms. The zero-order valence-electron chi connectivity index (χ0n) is 12.0. The SMILES string of the molecule is O=C(NC[C@@H]1CCCN1)[C@@H](O)Cc1cccc(C(F)(F)F)c1. The van der Waals surface area contributed by atoms with Gasteiger partial charge in [-0.25, -0.2) is 0 Å². The standard InChI is InChI=1S/C15H19F3N2O2/c16-15(17,18)11-4-1-3-10(7-11)8-13(21)14(22)20-9-12-5-2-6-19-12/h1,3-4,7,12-13,19,21H,2,5-6,8-9H2,(H,20,22)/t12-,13-/m0/s1. The molecular weight excluding hydrogens is 297 g/mol. The molecule has 0 radical (unpaired) electrons. The molecule has 0 aliphatic carbocycles. The van der Waals surface area contributed by atoms with Crippen LogP contribution in [0.2, 0.25) is 0 Å². The van der Waals surface area contributed by atoms with E-state index in [1.807, 2.05) is 0 Å². The van der Waals surface area contributed by atoms with Crippen LogP contribution in [0.15, 0.2) is 24.3 Å². The summed E-state index contributed by atoms with van der Waals surface area (Å²) in [5.41, 5.74) is -0.510. The van der Waals surface area contributed by atoms with Crippen LogP contribution in [-0.4, -0.2) is 36.2 Å². The molecule has 122 valence electrons. The first kappa shape index (κ1) is 16.8. The Morgan fingerprint density at radius 3 is 2.86 bits per heavy atom. The van der Waals surface area contributed by atoms with Crippen molar-refractivity contribution >= 4 is 5.91 Å². The van der Waals surface area contributed by atoms with E-state index in [4.69, 9.17) is 0 Å². The van der Waals surface area contributed by atoms with Crippen molar-refractivity contribution in [2.45, 2.75) is 37.6 Å². The first-order valence-electron chi connectivity index (χ1n) is 7.21. The molecule has 2 rings (SSSR count). The highest BCUT2D eigenvalue weighted by molar-refractivity contribution is 5.80. The number of aliphatic hydroxyl groups is 1. The van der Waals surface area contributed by atoms with Crippen LogP contribution in [0.5, 0.6) is 0 Å². The van der Waals surface area contributed by atoms with Gasteiger partial charge in [0.15, 0.2) is 0 Å². The van der Waals surface area contributed by atoms with Crippen LogP contribution < -0.4 is 10.6 Å². The number of rotatable bonds is 5. The molecule has 3 N–H and O–H groups in total. The van der Waals surface area contributed by atoms with Crippen LogP contribution in [0.1, 0.15) is 24.0 Å². The quantitative estimate of drug-likeness (QED) is 0.771. The molecular formula is C15H19F3N2O2. The predicted molar refractivity (Wildman–Crippen MR) is 75.2 cm³/mol. The first-order valence-corrected chi connectivity index (χ1v) is 7.21. The first-order chi connectivity index (χ1) is 10.4. The number of hydrogen-bond acceptors (Lipinski definition) is 3. The second-order valence-electron chi connectivity index (χ2n) is 5.46. The lowest BCUT2D eigenvalue weighted by molar-refractivity contribution is -0.137. The summed E-state index contributed by atoms with van der Waals surface area (Å²) in [7, 11) is 0. The van der Waals surface area contributed by atoms with E-state index in [1.54, 1.807) is 0 Å². The summed E-state index contributed by atoms with van der Waals surface area (Å²) < 4.78 is 37.8. The Labute approximate surface area is 126 Å². The monoisotopic (exact) mass is 316 g/mol. The normalized spacial score (nSPS) is 19.9. The summed E-state index contributed by atoms with van der Waals surface area (Å²) in [6, 6.07) is 4.84. The molecule has 1 aliphatic heterocycles. The number of halogens is 3. The molecule has 1 heterocycles. The average Bonchev–Trinajstić information content (AvgIpc) is 2.97. The Hall–Kier alpha value is -1.60. The van der Waals surface area contributed by atoms with E-state index in [-0.39, 0.29) is 18.0 Å². The van der Waals surface area contributed by atoms with Gasteiger partial charge in [0.25, 0.3) is 0 Å². The molecule has 1 fully saturated rings. The summed E-state index contributed by atoms with van der Waals surface area (Å²) >= 11 is 0. The minimum absolute atomic E-state index is 0.145. The summed E-state index contributed by atoms with van der Waals surface area (Å²) in [5, 5.41) is 15.6. The Balaban J connectivity index is 1.87. The van der Waals surface area contributed by atoms with Gasteiger partial charge < -0.3 is 15.7 Å². The van der Waals surface area contributed by atoms with E-state index >= 15 is 0 Å². The molecule has 1 aliphatic rings. The zero-order valence-corrected chi connectivity index (χ0v) is 12.0. The summed E-state index contributed by atoms with van der Waals surface area (Å²) in [6.45, 7) is 1.33. The fraction of sp³-hybridized carbons (Fsp3) is 0.533. The number of nitrogens with one attached hydrogen (secondary N) is 2. The molecule has 0 unspecified atom stereocenters. The molecule has 4 nitrogen and oxygen atoms in total. The number of benzene rings is 1. The van der Waals surface area contributed by atoms with E-state index in [0.29, 0.717) is 6.54 Å². The molecule has 1 aromatic carbocycles. The molecule has 1 aromatic rings. The number of carbonyl (C=O) groups excluding carboxylic acids is 1. The van der Waals surface area contributed by atoms with Gasteiger partial charge in [-0.05, 0) is 31.0 Å². The third kappa shape index (κ3) is 4.71. The predicted octanol–water partition coefficient (Wildman–Crippen LogP) is 1.48. The second kappa shape index (κ2) is 7.11. The van der Waals surface area contributed by atoms with Crippen molar-refractivity contribution in [2.75, 3.05) is 13.1 Å². The summed E-state index contributed by atoms with van der Waals surface area (Å²) in [6.07, 6.45) is -3.92. The van der Waals surface area contributed by atoms with Gasteiger partial charge in [0.2, 0.25) is 5.91 Å². The molecule has 7 heteroatoms. The van der Waals surface area contributed by atoms with Gasteiger partial charge in [-0.1, -0.05) is 18.2 Å². The lowest BCUT2D eigenvalue weighted by atomic mass is 10.0. The molecule has 1 saturated heterocycles. The van der Waals surface area contributed by atoms with Crippen molar-refractivity contribution in [3.63, 3.8) is 0 Å². The second-order valence-corrected chi connectivity index (χ2v) is 5.46. The highest BCUT2D eigenvalue weighted by Crippen LogP contribution is 2.29. The summed E-state index contributed by atoms with van der Waals surface area (Å²) in [4.78, 5) is 11.8. The van der Waals surface area contributed by atoms with Crippen molar-refractivity contribution in [1.82, 2.24) is 10.6 Å². The van der Waals surface area contributed by atoms with Crippen molar-refractivity contribution in [3.8, 4) is 0 Å². The molecule has 0 saturated carbocycles. The van der Waals surface area contributed by atoms with Crippen LogP contribution in [0.25, 0.3) is 0 Å². The van der Waals surface area contributed by atoms with E-state index in [2.05, 4.69) is 10.6 Å².